The van der Waals surface area contributed by atoms with Gasteiger partial charge in [0.25, 0.3) is 0 Å². The molecule has 0 saturated heterocycles. The lowest BCUT2D eigenvalue weighted by atomic mass is 10.4. The van der Waals surface area contributed by atoms with Crippen LogP contribution in [0.5, 0.6) is 0 Å². The van der Waals surface area contributed by atoms with E-state index in [4.69, 9.17) is 14.2 Å². The Morgan fingerprint density at radius 3 is 2.48 bits per heavy atom. The maximum Gasteiger partial charge on any atom is 0.349 e. The Morgan fingerprint density at radius 2 is 1.95 bits per heavy atom. The van der Waals surface area contributed by atoms with Crippen molar-refractivity contribution < 1.29 is 45.3 Å². The van der Waals surface area contributed by atoms with Gasteiger partial charge < -0.3 is 31.2 Å². The zero-order chi connectivity index (χ0) is 15.1. The van der Waals surface area contributed by atoms with E-state index in [0.29, 0.717) is 6.61 Å². The van der Waals surface area contributed by atoms with Crippen molar-refractivity contribution >= 4 is 11.9 Å². The second kappa shape index (κ2) is 9.51. The Hall–Kier alpha value is -1.41. The van der Waals surface area contributed by atoms with Crippen molar-refractivity contribution in [1.82, 2.24) is 4.57 Å². The van der Waals surface area contributed by atoms with Crippen molar-refractivity contribution in [3.63, 3.8) is 0 Å². The Bertz CT molecular complexity index is 463. The minimum atomic E-state index is -0.963. The molecular formula is C13H21BrN2O5. The van der Waals surface area contributed by atoms with Gasteiger partial charge in [0, 0.05) is 6.61 Å². The largest absolute Gasteiger partial charge is 1.00 e. The third kappa shape index (κ3) is 7.24. The fraction of sp³-hybridized carbons (Fsp3) is 0.615. The summed E-state index contributed by atoms with van der Waals surface area (Å²) in [6.07, 6.45) is 3.66. The van der Waals surface area contributed by atoms with E-state index in [9.17, 15) is 9.59 Å². The molecule has 120 valence electrons. The summed E-state index contributed by atoms with van der Waals surface area (Å²) in [4.78, 5) is 23.3. The van der Waals surface area contributed by atoms with Gasteiger partial charge >= 0.3 is 11.9 Å². The zero-order valence-electron chi connectivity index (χ0n) is 12.6. The Balaban J connectivity index is 0.00000400. The fourth-order valence-electron chi connectivity index (χ4n) is 1.55. The Kier molecular flexibility index (Phi) is 8.87. The molecule has 0 spiro atoms. The highest BCUT2D eigenvalue weighted by Gasteiger charge is 2.22. The SMILES string of the molecule is CCOC(C)OC(=O)C(C)OC(=O)C[n+]1ccn(C)c1.[Br-]. The van der Waals surface area contributed by atoms with Crippen LogP contribution in [0.4, 0.5) is 0 Å². The van der Waals surface area contributed by atoms with E-state index in [-0.39, 0.29) is 23.5 Å². The van der Waals surface area contributed by atoms with Gasteiger partial charge in [0.15, 0.2) is 18.9 Å². The highest BCUT2D eigenvalue weighted by atomic mass is 79.9. The van der Waals surface area contributed by atoms with E-state index in [1.54, 1.807) is 41.7 Å². The minimum absolute atomic E-state index is 0. The van der Waals surface area contributed by atoms with Gasteiger partial charge in [-0.1, -0.05) is 0 Å². The normalized spacial score (nSPS) is 13.0. The number of aryl methyl sites for hydroxylation is 1. The quantitative estimate of drug-likeness (QED) is 0.296. The first kappa shape index (κ1) is 19.6. The van der Waals surface area contributed by atoms with Crippen LogP contribution in [0.2, 0.25) is 0 Å². The van der Waals surface area contributed by atoms with Crippen LogP contribution in [-0.2, 0) is 37.4 Å². The molecule has 2 atom stereocenters. The number of ether oxygens (including phenoxy) is 3. The van der Waals surface area contributed by atoms with Crippen molar-refractivity contribution in [1.29, 1.82) is 0 Å². The predicted octanol–water partition coefficient (Wildman–Crippen LogP) is -2.83. The predicted molar refractivity (Wildman–Crippen MR) is 68.3 cm³/mol. The molecule has 0 fully saturated rings. The molecule has 1 rings (SSSR count). The molecule has 0 radical (unpaired) electrons. The molecule has 2 unspecified atom stereocenters. The van der Waals surface area contributed by atoms with Crippen LogP contribution < -0.4 is 21.5 Å². The summed E-state index contributed by atoms with van der Waals surface area (Å²) in [5, 5.41) is 0. The van der Waals surface area contributed by atoms with Crippen molar-refractivity contribution in [2.75, 3.05) is 6.61 Å². The molecule has 8 heteroatoms. The number of esters is 2. The molecular weight excluding hydrogens is 344 g/mol. The summed E-state index contributed by atoms with van der Waals surface area (Å²) in [6, 6.07) is 0. The summed E-state index contributed by atoms with van der Waals surface area (Å²) in [5.41, 5.74) is 0. The zero-order valence-corrected chi connectivity index (χ0v) is 14.2. The van der Waals surface area contributed by atoms with Crippen LogP contribution in [0, 0.1) is 0 Å². The van der Waals surface area contributed by atoms with E-state index in [1.807, 2.05) is 7.05 Å². The highest BCUT2D eigenvalue weighted by Crippen LogP contribution is 2.01. The number of aromatic nitrogens is 2. The second-order valence-electron chi connectivity index (χ2n) is 4.34. The van der Waals surface area contributed by atoms with E-state index in [2.05, 4.69) is 0 Å². The molecule has 0 bridgehead atoms. The van der Waals surface area contributed by atoms with E-state index in [1.165, 1.54) is 6.92 Å². The Morgan fingerprint density at radius 1 is 1.29 bits per heavy atom. The smallest absolute Gasteiger partial charge is 0.349 e. The van der Waals surface area contributed by atoms with Gasteiger partial charge in [0.05, 0.1) is 7.05 Å². The topological polar surface area (TPSA) is 70.6 Å². The average molecular weight is 365 g/mol. The number of hydrogen-bond acceptors (Lipinski definition) is 5. The third-order valence-electron chi connectivity index (χ3n) is 2.46. The van der Waals surface area contributed by atoms with Crippen LogP contribution in [0.15, 0.2) is 18.7 Å². The fourth-order valence-corrected chi connectivity index (χ4v) is 1.55. The van der Waals surface area contributed by atoms with E-state index >= 15 is 0 Å². The maximum absolute atomic E-state index is 11.7. The third-order valence-corrected chi connectivity index (χ3v) is 2.46. The molecule has 1 heterocycles. The van der Waals surface area contributed by atoms with Crippen molar-refractivity contribution in [2.24, 2.45) is 7.05 Å². The summed E-state index contributed by atoms with van der Waals surface area (Å²) in [6.45, 7) is 5.35. The molecule has 0 aliphatic heterocycles. The van der Waals surface area contributed by atoms with Gasteiger partial charge in [-0.25, -0.2) is 18.7 Å². The number of carbonyl (C=O) groups excluding carboxylic acids is 2. The maximum atomic E-state index is 11.7. The number of halogens is 1. The summed E-state index contributed by atoms with van der Waals surface area (Å²) in [7, 11) is 1.84. The minimum Gasteiger partial charge on any atom is -1.00 e. The van der Waals surface area contributed by atoms with Gasteiger partial charge in [0.2, 0.25) is 6.33 Å². The van der Waals surface area contributed by atoms with Crippen molar-refractivity contribution in [3.8, 4) is 0 Å². The van der Waals surface area contributed by atoms with E-state index < -0.39 is 24.3 Å². The standard InChI is InChI=1S/C13H21N2O5.BrH/c1-5-18-11(3)20-13(17)10(2)19-12(16)8-15-7-6-14(4)9-15;/h6-7,9-11H,5,8H2,1-4H3;1H/q+1;/p-1. The monoisotopic (exact) mass is 364 g/mol. The summed E-state index contributed by atoms with van der Waals surface area (Å²) in [5.74, 6) is -1.13. The number of hydrogen-bond donors (Lipinski definition) is 0. The summed E-state index contributed by atoms with van der Waals surface area (Å²) >= 11 is 0. The highest BCUT2D eigenvalue weighted by molar-refractivity contribution is 5.78. The molecule has 0 aromatic carbocycles. The van der Waals surface area contributed by atoms with Crippen LogP contribution in [0.1, 0.15) is 20.8 Å². The van der Waals surface area contributed by atoms with Crippen LogP contribution in [0.25, 0.3) is 0 Å². The van der Waals surface area contributed by atoms with Gasteiger partial charge in [-0.2, -0.15) is 0 Å². The Labute approximate surface area is 134 Å². The molecule has 0 aliphatic carbocycles. The van der Waals surface area contributed by atoms with Gasteiger partial charge in [0.1, 0.15) is 12.4 Å². The van der Waals surface area contributed by atoms with Crippen LogP contribution >= 0.6 is 0 Å². The molecule has 7 nitrogen and oxygen atoms in total. The molecule has 0 saturated carbocycles. The molecule has 21 heavy (non-hydrogen) atoms. The lowest BCUT2D eigenvalue weighted by molar-refractivity contribution is -0.685. The van der Waals surface area contributed by atoms with Crippen LogP contribution in [0.3, 0.4) is 0 Å². The number of carbonyl (C=O) groups is 2. The lowest BCUT2D eigenvalue weighted by Crippen LogP contribution is -3.00. The van der Waals surface area contributed by atoms with Gasteiger partial charge in [-0.05, 0) is 20.8 Å². The first-order valence-corrected chi connectivity index (χ1v) is 6.45. The second-order valence-corrected chi connectivity index (χ2v) is 4.34. The number of nitrogens with zero attached hydrogens (tertiary/aromatic N) is 2. The molecule has 0 amide bonds. The average Bonchev–Trinajstić information content (AvgIpc) is 2.74. The first-order valence-electron chi connectivity index (χ1n) is 6.45. The number of rotatable bonds is 7. The number of imidazole rings is 1. The molecule has 1 aromatic rings. The van der Waals surface area contributed by atoms with Crippen molar-refractivity contribution in [3.05, 3.63) is 18.7 Å². The first-order chi connectivity index (χ1) is 9.42. The van der Waals surface area contributed by atoms with Crippen LogP contribution in [-0.4, -0.2) is 35.5 Å². The summed E-state index contributed by atoms with van der Waals surface area (Å²) < 4.78 is 18.5. The molecule has 1 aromatic heterocycles. The van der Waals surface area contributed by atoms with Crippen molar-refractivity contribution in [2.45, 2.75) is 39.7 Å². The van der Waals surface area contributed by atoms with E-state index in [0.717, 1.165) is 0 Å². The lowest BCUT2D eigenvalue weighted by Gasteiger charge is -2.16. The van der Waals surface area contributed by atoms with Gasteiger partial charge in [-0.3, -0.25) is 0 Å². The van der Waals surface area contributed by atoms with Gasteiger partial charge in [-0.15, -0.1) is 0 Å². The molecule has 0 aliphatic rings. The molecule has 0 N–H and O–H groups in total.